The van der Waals surface area contributed by atoms with Crippen molar-refractivity contribution in [2.45, 2.75) is 63.2 Å². The average Bonchev–Trinajstić information content (AvgIpc) is 3.03. The number of aliphatic hydroxyl groups is 1. The highest BCUT2D eigenvalue weighted by molar-refractivity contribution is 7.52. The molecule has 0 bridgehead atoms. The van der Waals surface area contributed by atoms with Gasteiger partial charge in [0.25, 0.3) is 5.56 Å². The van der Waals surface area contributed by atoms with Gasteiger partial charge in [-0.15, -0.1) is 11.6 Å². The van der Waals surface area contributed by atoms with E-state index in [2.05, 4.69) is 5.09 Å². The Bertz CT molecular complexity index is 1270. The zero-order chi connectivity index (χ0) is 27.5. The maximum absolute atomic E-state index is 13.8. The van der Waals surface area contributed by atoms with Gasteiger partial charge in [-0.2, -0.15) is 9.48 Å². The smallest absolute Gasteiger partial charge is 0.459 e. The van der Waals surface area contributed by atoms with Crippen molar-refractivity contribution >= 4 is 25.3 Å². The number of aromatic nitrogens is 2. The molecule has 204 valence electrons. The first-order chi connectivity index (χ1) is 17.2. The van der Waals surface area contributed by atoms with Crippen molar-refractivity contribution in [2.75, 3.05) is 6.61 Å². The van der Waals surface area contributed by atoms with Gasteiger partial charge in [0.1, 0.15) is 28.9 Å². The molecule has 1 saturated heterocycles. The molecule has 2 heterocycles. The summed E-state index contributed by atoms with van der Waals surface area (Å²) in [5.41, 5.74) is -2.25. The number of nitrogens with one attached hydrogen (secondary N) is 2. The fraction of sp³-hybridized carbons (Fsp3) is 0.500. The number of aromatic amines is 1. The summed E-state index contributed by atoms with van der Waals surface area (Å²) in [5, 5.41) is 13.3. The highest BCUT2D eigenvalue weighted by Gasteiger charge is 2.54. The van der Waals surface area contributed by atoms with Gasteiger partial charge in [-0.3, -0.25) is 23.7 Å². The van der Waals surface area contributed by atoms with Gasteiger partial charge in [0, 0.05) is 0 Å². The number of halogens is 2. The summed E-state index contributed by atoms with van der Waals surface area (Å²) in [6, 6.07) is 6.88. The van der Waals surface area contributed by atoms with Crippen LogP contribution in [0, 0.1) is 5.82 Å². The van der Waals surface area contributed by atoms with Crippen LogP contribution >= 0.6 is 19.3 Å². The number of carbonyl (C=O) groups is 1. The predicted molar refractivity (Wildman–Crippen MR) is 130 cm³/mol. The Balaban J connectivity index is 1.82. The van der Waals surface area contributed by atoms with Crippen LogP contribution < -0.4 is 20.9 Å². The molecule has 3 N–H and O–H groups in total. The van der Waals surface area contributed by atoms with Crippen LogP contribution in [0.15, 0.2) is 46.1 Å². The molecule has 2 aromatic rings. The summed E-state index contributed by atoms with van der Waals surface area (Å²) in [7, 11) is -4.29. The molecule has 0 aliphatic carbocycles. The van der Waals surface area contributed by atoms with Crippen molar-refractivity contribution in [1.29, 1.82) is 0 Å². The second-order valence-corrected chi connectivity index (χ2v) is 11.3. The largest absolute Gasteiger partial charge is 0.462 e. The molecule has 12 nitrogen and oxygen atoms in total. The van der Waals surface area contributed by atoms with Gasteiger partial charge in [-0.1, -0.05) is 18.2 Å². The van der Waals surface area contributed by atoms with Crippen LogP contribution in [-0.2, 0) is 23.4 Å². The number of aliphatic hydroxyl groups excluding tert-OH is 1. The van der Waals surface area contributed by atoms with E-state index in [1.54, 1.807) is 37.0 Å². The van der Waals surface area contributed by atoms with E-state index in [1.165, 1.54) is 26.0 Å². The van der Waals surface area contributed by atoms with Gasteiger partial charge >= 0.3 is 19.4 Å². The molecule has 1 aliphatic heterocycles. The number of esters is 1. The fourth-order valence-electron chi connectivity index (χ4n) is 3.49. The number of rotatable bonds is 10. The number of nitrogens with zero attached hydrogens (tertiary/aromatic N) is 1. The Morgan fingerprint density at radius 2 is 1.97 bits per heavy atom. The van der Waals surface area contributed by atoms with E-state index in [9.17, 15) is 28.4 Å². The number of carbonyl (C=O) groups excluding carboxylic acids is 1. The third kappa shape index (κ3) is 6.86. The normalized spacial score (nSPS) is 26.0. The van der Waals surface area contributed by atoms with Crippen LogP contribution in [0.4, 0.5) is 4.39 Å². The number of H-pyrrole nitrogens is 1. The van der Waals surface area contributed by atoms with Crippen LogP contribution in [0.2, 0.25) is 0 Å². The lowest BCUT2D eigenvalue weighted by Crippen LogP contribution is -2.43. The number of alkyl halides is 1. The highest BCUT2D eigenvalue weighted by atomic mass is 35.5. The van der Waals surface area contributed by atoms with Crippen LogP contribution in [0.5, 0.6) is 5.75 Å². The molecule has 37 heavy (non-hydrogen) atoms. The zero-order valence-electron chi connectivity index (χ0n) is 20.4. The van der Waals surface area contributed by atoms with Gasteiger partial charge in [0.2, 0.25) is 5.82 Å². The highest BCUT2D eigenvalue weighted by Crippen LogP contribution is 2.48. The van der Waals surface area contributed by atoms with Crippen molar-refractivity contribution in [3.05, 3.63) is 63.2 Å². The van der Waals surface area contributed by atoms with Crippen LogP contribution in [0.3, 0.4) is 0 Å². The topological polar surface area (TPSA) is 158 Å². The van der Waals surface area contributed by atoms with Crippen molar-refractivity contribution in [3.63, 3.8) is 0 Å². The van der Waals surface area contributed by atoms with Gasteiger partial charge in [-0.05, 0) is 39.8 Å². The van der Waals surface area contributed by atoms with Crippen molar-refractivity contribution in [3.8, 4) is 5.75 Å². The molecular formula is C22H28ClFN3O9P. The lowest BCUT2D eigenvalue weighted by Gasteiger charge is -2.26. The Morgan fingerprint density at radius 1 is 1.32 bits per heavy atom. The predicted octanol–water partition coefficient (Wildman–Crippen LogP) is 2.06. The number of ether oxygens (including phenoxy) is 2. The molecule has 1 aromatic carbocycles. The summed E-state index contributed by atoms with van der Waals surface area (Å²) in [4.78, 5) is 36.0. The van der Waals surface area contributed by atoms with E-state index in [-0.39, 0.29) is 5.75 Å². The lowest BCUT2D eigenvalue weighted by molar-refractivity contribution is -0.149. The minimum absolute atomic E-state index is 0.158. The molecule has 1 aliphatic rings. The summed E-state index contributed by atoms with van der Waals surface area (Å²) < 4.78 is 50.0. The van der Waals surface area contributed by atoms with E-state index in [0.717, 1.165) is 0 Å². The first-order valence-electron chi connectivity index (χ1n) is 11.2. The molecule has 1 aromatic heterocycles. The third-order valence-electron chi connectivity index (χ3n) is 5.33. The quantitative estimate of drug-likeness (QED) is 0.222. The van der Waals surface area contributed by atoms with E-state index in [0.29, 0.717) is 10.8 Å². The van der Waals surface area contributed by atoms with Crippen molar-refractivity contribution < 1.29 is 37.4 Å². The van der Waals surface area contributed by atoms with E-state index < -0.39 is 72.8 Å². The number of hydrogen-bond donors (Lipinski definition) is 3. The maximum Gasteiger partial charge on any atom is 0.459 e. The molecule has 3 rings (SSSR count). The average molecular weight is 564 g/mol. The number of hydrogen-bond acceptors (Lipinski definition) is 9. The molecule has 0 saturated carbocycles. The number of benzene rings is 1. The minimum atomic E-state index is -4.29. The molecule has 6 atom stereocenters. The first kappa shape index (κ1) is 29.0. The van der Waals surface area contributed by atoms with Crippen LogP contribution in [-0.4, -0.2) is 56.5 Å². The van der Waals surface area contributed by atoms with Gasteiger partial charge < -0.3 is 19.1 Å². The Labute approximate surface area is 216 Å². The SMILES string of the molecule is CC(C)OC(=O)C(C)NP(=O)(OC[C@H]1O[C@@H](n2cc(F)c(=O)[nH]c2=O)[C@](C)(Cl)[C@@H]1O)Oc1ccccc1. The summed E-state index contributed by atoms with van der Waals surface area (Å²) in [5.74, 6) is -1.82. The molecule has 15 heteroatoms. The standard InChI is InChI=1S/C22H28ClFN3O9P/c1-12(2)34-19(30)13(3)26-37(32,36-14-8-6-5-7-9-14)33-11-16-17(28)22(4,23)20(35-16)27-10-15(24)18(29)25-21(27)31/h5-10,12-13,16-17,20,28H,11H2,1-4H3,(H,26,32)(H,25,29,31)/t13?,16-,17-,20-,22-,37?/m1/s1. The summed E-state index contributed by atoms with van der Waals surface area (Å²) in [6.45, 7) is 5.46. The molecule has 1 fully saturated rings. The summed E-state index contributed by atoms with van der Waals surface area (Å²) in [6.07, 6.45) is -4.03. The van der Waals surface area contributed by atoms with Crippen molar-refractivity contribution in [1.82, 2.24) is 14.6 Å². The van der Waals surface area contributed by atoms with Crippen LogP contribution in [0.1, 0.15) is 33.9 Å². The summed E-state index contributed by atoms with van der Waals surface area (Å²) >= 11 is 6.45. The Morgan fingerprint density at radius 3 is 2.59 bits per heavy atom. The van der Waals surface area contributed by atoms with E-state index in [4.69, 9.17) is 30.1 Å². The molecular weight excluding hydrogens is 536 g/mol. The second-order valence-electron chi connectivity index (χ2n) is 8.80. The second kappa shape index (κ2) is 11.5. The van der Waals surface area contributed by atoms with Crippen molar-refractivity contribution in [2.24, 2.45) is 0 Å². The van der Waals surface area contributed by atoms with Crippen LogP contribution in [0.25, 0.3) is 0 Å². The van der Waals surface area contributed by atoms with Gasteiger partial charge in [0.15, 0.2) is 6.23 Å². The number of para-hydroxylation sites is 1. The minimum Gasteiger partial charge on any atom is -0.462 e. The van der Waals surface area contributed by atoms with Gasteiger partial charge in [0.05, 0.1) is 18.9 Å². The first-order valence-corrected chi connectivity index (χ1v) is 13.2. The van der Waals surface area contributed by atoms with E-state index >= 15 is 0 Å². The monoisotopic (exact) mass is 563 g/mol. The molecule has 0 radical (unpaired) electrons. The van der Waals surface area contributed by atoms with Gasteiger partial charge in [-0.25, -0.2) is 9.36 Å². The zero-order valence-corrected chi connectivity index (χ0v) is 22.1. The molecule has 2 unspecified atom stereocenters. The molecule has 0 spiro atoms. The third-order valence-corrected chi connectivity index (χ3v) is 7.38. The Kier molecular flexibility index (Phi) is 8.99. The Hall–Kier alpha value is -2.54. The maximum atomic E-state index is 13.8. The van der Waals surface area contributed by atoms with E-state index in [1.807, 2.05) is 0 Å². The fourth-order valence-corrected chi connectivity index (χ4v) is 5.29. The molecule has 0 amide bonds. The lowest BCUT2D eigenvalue weighted by atomic mass is 10.0.